The molecule has 0 bridgehead atoms. The van der Waals surface area contributed by atoms with Crippen LogP contribution in [0.25, 0.3) is 10.8 Å². The van der Waals surface area contributed by atoms with E-state index in [0.29, 0.717) is 6.04 Å². The van der Waals surface area contributed by atoms with Crippen molar-refractivity contribution >= 4 is 42.5 Å². The highest BCUT2D eigenvalue weighted by Crippen LogP contribution is 2.27. The van der Waals surface area contributed by atoms with Crippen molar-refractivity contribution in [3.63, 3.8) is 0 Å². The zero-order valence-electron chi connectivity index (χ0n) is 13.0. The predicted octanol–water partition coefficient (Wildman–Crippen LogP) is 4.30. The third kappa shape index (κ3) is 4.68. The van der Waals surface area contributed by atoms with Crippen molar-refractivity contribution in [2.75, 3.05) is 11.6 Å². The van der Waals surface area contributed by atoms with Crippen LogP contribution in [0.4, 0.5) is 5.69 Å². The minimum absolute atomic E-state index is 0.169. The maximum Gasteiger partial charge on any atom is 0.264 e. The Bertz CT molecular complexity index is 799. The fourth-order valence-corrected chi connectivity index (χ4v) is 4.16. The Morgan fingerprint density at radius 3 is 2.39 bits per heavy atom. The maximum absolute atomic E-state index is 11.2. The molecule has 0 amide bonds. The second kappa shape index (κ2) is 6.79. The third-order valence-electron chi connectivity index (χ3n) is 4.16. The summed E-state index contributed by atoms with van der Waals surface area (Å²) >= 11 is 3.49. The molecule has 0 radical (unpaired) electrons. The van der Waals surface area contributed by atoms with E-state index in [2.05, 4.69) is 51.6 Å². The molecule has 124 valence electrons. The van der Waals surface area contributed by atoms with Gasteiger partial charge < -0.3 is 5.32 Å². The summed E-state index contributed by atoms with van der Waals surface area (Å²) in [5, 5.41) is 5.96. The molecule has 23 heavy (non-hydrogen) atoms. The van der Waals surface area contributed by atoms with E-state index in [1.54, 1.807) is 0 Å². The number of nitrogens with one attached hydrogen (secondary N) is 1. The molecule has 0 saturated heterocycles. The van der Waals surface area contributed by atoms with Crippen molar-refractivity contribution in [3.05, 3.63) is 40.9 Å². The molecule has 3 rings (SSSR count). The van der Waals surface area contributed by atoms with Gasteiger partial charge in [0.1, 0.15) is 0 Å². The van der Waals surface area contributed by atoms with E-state index in [1.807, 2.05) is 6.07 Å². The van der Waals surface area contributed by atoms with Gasteiger partial charge in [0.25, 0.3) is 10.1 Å². The summed E-state index contributed by atoms with van der Waals surface area (Å²) in [5.41, 5.74) is 1.10. The van der Waals surface area contributed by atoms with Gasteiger partial charge in [-0.25, -0.2) is 0 Å². The second-order valence-electron chi connectivity index (χ2n) is 6.12. The molecule has 1 aliphatic carbocycles. The average molecular weight is 398 g/mol. The molecule has 0 heterocycles. The van der Waals surface area contributed by atoms with Crippen molar-refractivity contribution in [1.29, 1.82) is 0 Å². The zero-order chi connectivity index (χ0) is 16.4. The molecule has 1 fully saturated rings. The van der Waals surface area contributed by atoms with Gasteiger partial charge in [-0.2, -0.15) is 8.42 Å². The molecule has 1 aliphatic rings. The molecule has 1 saturated carbocycles. The highest BCUT2D eigenvalue weighted by Gasteiger charge is 2.24. The second-order valence-corrected chi connectivity index (χ2v) is 8.64. The summed E-state index contributed by atoms with van der Waals surface area (Å²) in [4.78, 5) is 0. The molecule has 1 N–H and O–H groups in total. The van der Waals surface area contributed by atoms with Crippen LogP contribution >= 0.6 is 15.9 Å². The molecule has 0 unspecified atom stereocenters. The summed E-state index contributed by atoms with van der Waals surface area (Å²) in [6, 6.07) is 13.0. The minimum Gasteiger partial charge on any atom is -0.382 e. The number of halogens is 1. The van der Waals surface area contributed by atoms with Crippen LogP contribution in [0.5, 0.6) is 0 Å². The van der Waals surface area contributed by atoms with Gasteiger partial charge in [0.05, 0.1) is 12.4 Å². The fraction of sp³-hybridized carbons (Fsp3) is 0.412. The summed E-state index contributed by atoms with van der Waals surface area (Å²) < 4.78 is 28.5. The number of fused-ring (bicyclic) bond motifs is 1. The predicted molar refractivity (Wildman–Crippen MR) is 97.2 cm³/mol. The molecule has 6 heteroatoms. The molecular formula is C17H20BrNO3S. The number of hydrogen-bond acceptors (Lipinski definition) is 4. The Balaban J connectivity index is 1.61. The summed E-state index contributed by atoms with van der Waals surface area (Å²) in [5.74, 6) is 0. The van der Waals surface area contributed by atoms with E-state index < -0.39 is 10.1 Å². The molecule has 2 aromatic rings. The van der Waals surface area contributed by atoms with Gasteiger partial charge >= 0.3 is 0 Å². The summed E-state index contributed by atoms with van der Waals surface area (Å²) in [6.07, 6.45) is 4.32. The normalized spacial score (nSPS) is 22.2. The first-order valence-electron chi connectivity index (χ1n) is 7.73. The van der Waals surface area contributed by atoms with E-state index in [-0.39, 0.29) is 6.10 Å². The van der Waals surface area contributed by atoms with E-state index in [0.717, 1.165) is 42.1 Å². The molecule has 0 atom stereocenters. The van der Waals surface area contributed by atoms with Crippen LogP contribution in [0.2, 0.25) is 0 Å². The van der Waals surface area contributed by atoms with Gasteiger partial charge in [-0.15, -0.1) is 0 Å². The third-order valence-corrected chi connectivity index (χ3v) is 5.27. The molecule has 0 aromatic heterocycles. The zero-order valence-corrected chi connectivity index (χ0v) is 15.4. The lowest BCUT2D eigenvalue weighted by molar-refractivity contribution is 0.158. The number of anilines is 1. The Kier molecular flexibility index (Phi) is 4.94. The molecule has 0 spiro atoms. The van der Waals surface area contributed by atoms with Crippen molar-refractivity contribution in [1.82, 2.24) is 0 Å². The lowest BCUT2D eigenvalue weighted by atomic mass is 9.93. The van der Waals surface area contributed by atoms with E-state index >= 15 is 0 Å². The van der Waals surface area contributed by atoms with Gasteiger partial charge in [-0.3, -0.25) is 4.18 Å². The topological polar surface area (TPSA) is 55.4 Å². The van der Waals surface area contributed by atoms with Crippen LogP contribution in [0.15, 0.2) is 40.9 Å². The van der Waals surface area contributed by atoms with Gasteiger partial charge in [0, 0.05) is 16.2 Å². The van der Waals surface area contributed by atoms with E-state index in [9.17, 15) is 8.42 Å². The first kappa shape index (κ1) is 16.7. The highest BCUT2D eigenvalue weighted by atomic mass is 79.9. The van der Waals surface area contributed by atoms with Crippen molar-refractivity contribution < 1.29 is 12.6 Å². The number of hydrogen-bond donors (Lipinski definition) is 1. The van der Waals surface area contributed by atoms with Gasteiger partial charge in [-0.1, -0.05) is 28.1 Å². The molecular weight excluding hydrogens is 378 g/mol. The van der Waals surface area contributed by atoms with Gasteiger partial charge in [0.15, 0.2) is 0 Å². The average Bonchev–Trinajstić information content (AvgIpc) is 2.48. The maximum atomic E-state index is 11.2. The largest absolute Gasteiger partial charge is 0.382 e. The highest BCUT2D eigenvalue weighted by molar-refractivity contribution is 9.10. The van der Waals surface area contributed by atoms with Crippen LogP contribution in [-0.4, -0.2) is 26.8 Å². The van der Waals surface area contributed by atoms with Crippen molar-refractivity contribution in [2.45, 2.75) is 37.8 Å². The Morgan fingerprint density at radius 2 is 1.70 bits per heavy atom. The summed E-state index contributed by atoms with van der Waals surface area (Å²) in [7, 11) is -3.35. The Hall–Kier alpha value is -1.11. The SMILES string of the molecule is CS(=O)(=O)OC1CCC(Nc2ccc3cc(Br)ccc3c2)CC1. The number of rotatable bonds is 4. The molecule has 4 nitrogen and oxygen atoms in total. The minimum atomic E-state index is -3.35. The number of benzene rings is 2. The van der Waals surface area contributed by atoms with Crippen LogP contribution in [0.3, 0.4) is 0 Å². The monoisotopic (exact) mass is 397 g/mol. The van der Waals surface area contributed by atoms with E-state index in [1.165, 1.54) is 10.8 Å². The fourth-order valence-electron chi connectivity index (χ4n) is 3.09. The van der Waals surface area contributed by atoms with E-state index in [4.69, 9.17) is 4.18 Å². The first-order valence-corrected chi connectivity index (χ1v) is 10.3. The molecule has 2 aromatic carbocycles. The lowest BCUT2D eigenvalue weighted by Gasteiger charge is -2.29. The van der Waals surface area contributed by atoms with Crippen LogP contribution in [0, 0.1) is 0 Å². The van der Waals surface area contributed by atoms with Gasteiger partial charge in [0.2, 0.25) is 0 Å². The van der Waals surface area contributed by atoms with Crippen molar-refractivity contribution in [3.8, 4) is 0 Å². The quantitative estimate of drug-likeness (QED) is 0.781. The van der Waals surface area contributed by atoms with Crippen molar-refractivity contribution in [2.24, 2.45) is 0 Å². The Labute approximate surface area is 145 Å². The van der Waals surface area contributed by atoms with Crippen LogP contribution in [-0.2, 0) is 14.3 Å². The first-order chi connectivity index (χ1) is 10.9. The van der Waals surface area contributed by atoms with Crippen LogP contribution < -0.4 is 5.32 Å². The summed E-state index contributed by atoms with van der Waals surface area (Å²) in [6.45, 7) is 0. The standard InChI is InChI=1S/C17H20BrNO3S/c1-23(20,21)22-17-8-6-15(7-9-17)19-16-5-3-12-10-14(18)4-2-13(12)11-16/h2-5,10-11,15,17,19H,6-9H2,1H3. The molecule has 0 aliphatic heterocycles. The van der Waals surface area contributed by atoms with Crippen LogP contribution in [0.1, 0.15) is 25.7 Å². The van der Waals surface area contributed by atoms with Gasteiger partial charge in [-0.05, 0) is 60.7 Å². The lowest BCUT2D eigenvalue weighted by Crippen LogP contribution is -2.30. The Morgan fingerprint density at radius 1 is 1.04 bits per heavy atom. The smallest absolute Gasteiger partial charge is 0.264 e.